The molecular formula is C22H26N4O3. The number of hydrogen-bond donors (Lipinski definition) is 2. The van der Waals surface area contributed by atoms with Crippen molar-refractivity contribution in [2.24, 2.45) is 5.41 Å². The Bertz CT molecular complexity index is 889. The molecule has 0 unspecified atom stereocenters. The maximum Gasteiger partial charge on any atom is 0.259 e. The van der Waals surface area contributed by atoms with Crippen LogP contribution in [0.15, 0.2) is 42.7 Å². The van der Waals surface area contributed by atoms with Gasteiger partial charge in [-0.15, -0.1) is 0 Å². The minimum absolute atomic E-state index is 0.00193. The zero-order valence-electron chi connectivity index (χ0n) is 16.6. The Kier molecular flexibility index (Phi) is 5.60. The van der Waals surface area contributed by atoms with Gasteiger partial charge in [0.15, 0.2) is 0 Å². The van der Waals surface area contributed by atoms with E-state index in [2.05, 4.69) is 15.6 Å². The largest absolute Gasteiger partial charge is 0.384 e. The molecule has 1 fully saturated rings. The number of amides is 2. The Balaban J connectivity index is 1.50. The third-order valence-electron chi connectivity index (χ3n) is 5.85. The van der Waals surface area contributed by atoms with E-state index >= 15 is 0 Å². The van der Waals surface area contributed by atoms with Gasteiger partial charge in [-0.05, 0) is 68.2 Å². The van der Waals surface area contributed by atoms with E-state index in [0.717, 1.165) is 49.3 Å². The Hall–Kier alpha value is -2.77. The molecule has 0 atom stereocenters. The molecule has 4 rings (SSSR count). The molecule has 2 aromatic rings. The first-order valence-electron chi connectivity index (χ1n) is 9.99. The molecule has 2 aliphatic heterocycles. The van der Waals surface area contributed by atoms with Gasteiger partial charge >= 0.3 is 0 Å². The van der Waals surface area contributed by atoms with Crippen molar-refractivity contribution in [1.29, 1.82) is 0 Å². The van der Waals surface area contributed by atoms with E-state index < -0.39 is 5.41 Å². The molecule has 0 bridgehead atoms. The molecule has 0 radical (unpaired) electrons. The van der Waals surface area contributed by atoms with Crippen LogP contribution in [0, 0.1) is 5.41 Å². The fourth-order valence-corrected chi connectivity index (χ4v) is 4.22. The molecule has 1 aromatic carbocycles. The number of benzene rings is 1. The lowest BCUT2D eigenvalue weighted by atomic mass is 9.78. The van der Waals surface area contributed by atoms with Gasteiger partial charge in [0.2, 0.25) is 5.91 Å². The Morgan fingerprint density at radius 3 is 2.83 bits per heavy atom. The van der Waals surface area contributed by atoms with Crippen molar-refractivity contribution in [3.8, 4) is 0 Å². The minimum atomic E-state index is -0.499. The van der Waals surface area contributed by atoms with Gasteiger partial charge in [0.25, 0.3) is 5.91 Å². The van der Waals surface area contributed by atoms with E-state index in [-0.39, 0.29) is 11.8 Å². The molecule has 7 heteroatoms. The lowest BCUT2D eigenvalue weighted by molar-refractivity contribution is -0.130. The van der Waals surface area contributed by atoms with Crippen molar-refractivity contribution >= 4 is 23.2 Å². The average Bonchev–Trinajstić information content (AvgIpc) is 3.18. The minimum Gasteiger partial charge on any atom is -0.384 e. The van der Waals surface area contributed by atoms with Crippen LogP contribution in [0.2, 0.25) is 0 Å². The predicted octanol–water partition coefficient (Wildman–Crippen LogP) is 2.24. The van der Waals surface area contributed by atoms with Gasteiger partial charge in [0.1, 0.15) is 0 Å². The number of pyridine rings is 1. The molecule has 7 nitrogen and oxygen atoms in total. The molecule has 2 amide bonds. The zero-order chi connectivity index (χ0) is 20.3. The van der Waals surface area contributed by atoms with Gasteiger partial charge in [-0.1, -0.05) is 0 Å². The van der Waals surface area contributed by atoms with Gasteiger partial charge in [0, 0.05) is 37.4 Å². The van der Waals surface area contributed by atoms with Crippen molar-refractivity contribution in [2.45, 2.75) is 19.3 Å². The average molecular weight is 394 g/mol. The van der Waals surface area contributed by atoms with E-state index in [0.29, 0.717) is 18.7 Å². The second kappa shape index (κ2) is 8.31. The van der Waals surface area contributed by atoms with Gasteiger partial charge in [-0.3, -0.25) is 14.6 Å². The molecular weight excluding hydrogens is 368 g/mol. The lowest BCUT2D eigenvalue weighted by Gasteiger charge is -2.35. The quantitative estimate of drug-likeness (QED) is 0.813. The monoisotopic (exact) mass is 394 g/mol. The molecule has 2 aliphatic rings. The highest BCUT2D eigenvalue weighted by Crippen LogP contribution is 2.34. The maximum atomic E-state index is 13.0. The number of nitrogens with one attached hydrogen (secondary N) is 2. The normalized spacial score (nSPS) is 17.6. The van der Waals surface area contributed by atoms with Crippen LogP contribution in [0.5, 0.6) is 0 Å². The third kappa shape index (κ3) is 3.88. The standard InChI is InChI=1S/C22H26N4O3/c1-29-15-22(7-10-23-11-8-22)21(28)25-18-4-5-19-16(13-18)6-12-26(19)20(27)17-3-2-9-24-14-17/h2-5,9,13-14,23H,6-8,10-12,15H2,1H3,(H,25,28). The molecule has 2 N–H and O–H groups in total. The van der Waals surface area contributed by atoms with Gasteiger partial charge < -0.3 is 20.3 Å². The fourth-order valence-electron chi connectivity index (χ4n) is 4.22. The van der Waals surface area contributed by atoms with Gasteiger partial charge in [0.05, 0.1) is 17.6 Å². The third-order valence-corrected chi connectivity index (χ3v) is 5.85. The first kappa shape index (κ1) is 19.5. The fraction of sp³-hybridized carbons (Fsp3) is 0.409. The highest BCUT2D eigenvalue weighted by molar-refractivity contribution is 6.07. The second-order valence-electron chi connectivity index (χ2n) is 7.71. The number of nitrogens with zero attached hydrogens (tertiary/aromatic N) is 2. The summed E-state index contributed by atoms with van der Waals surface area (Å²) in [5.74, 6) is -0.0514. The summed E-state index contributed by atoms with van der Waals surface area (Å²) in [4.78, 5) is 31.6. The molecule has 1 saturated heterocycles. The lowest BCUT2D eigenvalue weighted by Crippen LogP contribution is -2.47. The van der Waals surface area contributed by atoms with Crippen LogP contribution in [0.3, 0.4) is 0 Å². The van der Waals surface area contributed by atoms with Crippen LogP contribution in [-0.2, 0) is 16.0 Å². The van der Waals surface area contributed by atoms with Crippen molar-refractivity contribution in [3.63, 3.8) is 0 Å². The summed E-state index contributed by atoms with van der Waals surface area (Å²) in [6, 6.07) is 9.30. The summed E-state index contributed by atoms with van der Waals surface area (Å²) in [6.45, 7) is 2.66. The number of anilines is 2. The number of fused-ring (bicyclic) bond motifs is 1. The molecule has 0 spiro atoms. The second-order valence-corrected chi connectivity index (χ2v) is 7.71. The predicted molar refractivity (Wildman–Crippen MR) is 111 cm³/mol. The Morgan fingerprint density at radius 1 is 1.28 bits per heavy atom. The number of methoxy groups -OCH3 is 1. The number of rotatable bonds is 5. The summed E-state index contributed by atoms with van der Waals surface area (Å²) >= 11 is 0. The first-order valence-corrected chi connectivity index (χ1v) is 9.99. The van der Waals surface area contributed by atoms with Crippen molar-refractivity contribution in [2.75, 3.05) is 43.6 Å². The van der Waals surface area contributed by atoms with E-state index in [1.807, 2.05) is 18.2 Å². The highest BCUT2D eigenvalue weighted by atomic mass is 16.5. The van der Waals surface area contributed by atoms with E-state index in [1.165, 1.54) is 0 Å². The number of carbonyl (C=O) groups is 2. The molecule has 29 heavy (non-hydrogen) atoms. The summed E-state index contributed by atoms with van der Waals surface area (Å²) in [5.41, 5.74) is 2.79. The van der Waals surface area contributed by atoms with E-state index in [9.17, 15) is 9.59 Å². The molecule has 0 saturated carbocycles. The number of piperidine rings is 1. The topological polar surface area (TPSA) is 83.6 Å². The summed E-state index contributed by atoms with van der Waals surface area (Å²) < 4.78 is 5.36. The van der Waals surface area contributed by atoms with Crippen molar-refractivity contribution < 1.29 is 14.3 Å². The Labute approximate surface area is 170 Å². The van der Waals surface area contributed by atoms with Crippen LogP contribution in [0.4, 0.5) is 11.4 Å². The first-order chi connectivity index (χ1) is 14.1. The van der Waals surface area contributed by atoms with E-state index in [1.54, 1.807) is 36.5 Å². The number of aromatic nitrogens is 1. The molecule has 1 aromatic heterocycles. The number of hydrogen-bond acceptors (Lipinski definition) is 5. The summed E-state index contributed by atoms with van der Waals surface area (Å²) in [6.07, 6.45) is 5.51. The molecule has 0 aliphatic carbocycles. The van der Waals surface area contributed by atoms with Gasteiger partial charge in [-0.2, -0.15) is 0 Å². The van der Waals surface area contributed by atoms with Crippen LogP contribution in [-0.4, -0.2) is 50.1 Å². The van der Waals surface area contributed by atoms with Crippen LogP contribution < -0.4 is 15.5 Å². The smallest absolute Gasteiger partial charge is 0.259 e. The van der Waals surface area contributed by atoms with E-state index in [4.69, 9.17) is 4.74 Å². The summed E-state index contributed by atoms with van der Waals surface area (Å²) in [5, 5.41) is 6.38. The van der Waals surface area contributed by atoms with Gasteiger partial charge in [-0.25, -0.2) is 0 Å². The van der Waals surface area contributed by atoms with Crippen molar-refractivity contribution in [1.82, 2.24) is 10.3 Å². The van der Waals surface area contributed by atoms with Crippen LogP contribution in [0.1, 0.15) is 28.8 Å². The molecule has 152 valence electrons. The number of carbonyl (C=O) groups excluding carboxylic acids is 2. The molecule has 3 heterocycles. The highest BCUT2D eigenvalue weighted by Gasteiger charge is 2.39. The number of ether oxygens (including phenoxy) is 1. The van der Waals surface area contributed by atoms with Crippen LogP contribution >= 0.6 is 0 Å². The summed E-state index contributed by atoms with van der Waals surface area (Å²) in [7, 11) is 1.64. The van der Waals surface area contributed by atoms with Crippen molar-refractivity contribution in [3.05, 3.63) is 53.9 Å². The van der Waals surface area contributed by atoms with Crippen LogP contribution in [0.25, 0.3) is 0 Å². The SMILES string of the molecule is COCC1(C(=O)Nc2ccc3c(c2)CCN3C(=O)c2cccnc2)CCNCC1. The maximum absolute atomic E-state index is 13.0. The zero-order valence-corrected chi connectivity index (χ0v) is 16.6. The Morgan fingerprint density at radius 2 is 2.10 bits per heavy atom.